The van der Waals surface area contributed by atoms with Crippen LogP contribution in [0.4, 0.5) is 11.5 Å². The van der Waals surface area contributed by atoms with Gasteiger partial charge < -0.3 is 0 Å². The van der Waals surface area contributed by atoms with Gasteiger partial charge in [0, 0.05) is 16.8 Å². The molecule has 0 unspecified atom stereocenters. The number of imidazole rings is 1. The lowest BCUT2D eigenvalue weighted by Crippen LogP contribution is -1.84. The fourth-order valence-electron chi connectivity index (χ4n) is 2.63. The summed E-state index contributed by atoms with van der Waals surface area (Å²) in [7, 11) is 0. The van der Waals surface area contributed by atoms with Crippen LogP contribution >= 0.6 is 11.6 Å². The van der Waals surface area contributed by atoms with Gasteiger partial charge in [0.2, 0.25) is 0 Å². The van der Waals surface area contributed by atoms with Crippen LogP contribution < -0.4 is 0 Å². The van der Waals surface area contributed by atoms with Gasteiger partial charge in [0.15, 0.2) is 5.82 Å². The Labute approximate surface area is 150 Å². The molecule has 0 N–H and O–H groups in total. The van der Waals surface area contributed by atoms with E-state index in [0.29, 0.717) is 10.8 Å². The minimum Gasteiger partial charge on any atom is -0.283 e. The number of aryl methyl sites for hydroxylation is 1. The van der Waals surface area contributed by atoms with E-state index in [1.54, 1.807) is 0 Å². The highest BCUT2D eigenvalue weighted by Gasteiger charge is 2.14. The van der Waals surface area contributed by atoms with E-state index in [-0.39, 0.29) is 0 Å². The molecule has 0 saturated heterocycles. The van der Waals surface area contributed by atoms with Crippen molar-refractivity contribution in [3.8, 4) is 11.3 Å². The second-order valence-electron chi connectivity index (χ2n) is 5.76. The topological polar surface area (TPSA) is 42.0 Å². The molecule has 0 amide bonds. The first-order valence-electron chi connectivity index (χ1n) is 7.92. The number of azo groups is 1. The molecule has 0 radical (unpaired) electrons. The first-order chi connectivity index (χ1) is 12.2. The zero-order chi connectivity index (χ0) is 17.2. The maximum atomic E-state index is 6.01. The van der Waals surface area contributed by atoms with Crippen molar-refractivity contribution < 1.29 is 0 Å². The molecule has 4 nitrogen and oxygen atoms in total. The minimum atomic E-state index is 0.691. The molecule has 2 aromatic heterocycles. The minimum absolute atomic E-state index is 0.691. The Balaban J connectivity index is 1.89. The summed E-state index contributed by atoms with van der Waals surface area (Å²) in [5, 5.41) is 9.54. The van der Waals surface area contributed by atoms with Gasteiger partial charge in [0.25, 0.3) is 0 Å². The Kier molecular flexibility index (Phi) is 4.04. The lowest BCUT2D eigenvalue weighted by atomic mass is 10.1. The highest BCUT2D eigenvalue weighted by atomic mass is 35.5. The third-order valence-corrected chi connectivity index (χ3v) is 4.14. The van der Waals surface area contributed by atoms with E-state index < -0.39 is 0 Å². The first-order valence-corrected chi connectivity index (χ1v) is 8.30. The van der Waals surface area contributed by atoms with Gasteiger partial charge in [-0.05, 0) is 48.9 Å². The van der Waals surface area contributed by atoms with Gasteiger partial charge in [0.1, 0.15) is 11.3 Å². The van der Waals surface area contributed by atoms with Gasteiger partial charge in [-0.15, -0.1) is 10.2 Å². The fraction of sp³-hybridized carbons (Fsp3) is 0.0500. The summed E-state index contributed by atoms with van der Waals surface area (Å²) < 4.78 is 1.95. The van der Waals surface area contributed by atoms with Crippen molar-refractivity contribution in [2.75, 3.05) is 0 Å². The molecule has 4 aromatic rings. The Bertz CT molecular complexity index is 1050. The molecule has 4 rings (SSSR count). The second kappa shape index (κ2) is 6.49. The molecule has 25 heavy (non-hydrogen) atoms. The van der Waals surface area contributed by atoms with Crippen LogP contribution in [0.3, 0.4) is 0 Å². The van der Waals surface area contributed by atoms with E-state index >= 15 is 0 Å². The Morgan fingerprint density at radius 1 is 0.920 bits per heavy atom. The fourth-order valence-corrected chi connectivity index (χ4v) is 2.76. The Hall–Kier alpha value is -2.98. The highest BCUT2D eigenvalue weighted by molar-refractivity contribution is 6.30. The van der Waals surface area contributed by atoms with Gasteiger partial charge >= 0.3 is 0 Å². The molecule has 0 aliphatic heterocycles. The van der Waals surface area contributed by atoms with E-state index in [4.69, 9.17) is 16.6 Å². The molecule has 122 valence electrons. The van der Waals surface area contributed by atoms with Crippen molar-refractivity contribution in [1.29, 1.82) is 0 Å². The van der Waals surface area contributed by atoms with Crippen LogP contribution in [-0.2, 0) is 0 Å². The standard InChI is InChI=1S/C20H15ClN4/c1-14-11-12-25-18(13-14)22-19(15-7-9-16(21)10-8-15)20(25)24-23-17-5-3-2-4-6-17/h2-13H,1H3. The molecule has 0 aliphatic carbocycles. The number of rotatable bonds is 3. The van der Waals surface area contributed by atoms with E-state index in [1.807, 2.05) is 84.3 Å². The lowest BCUT2D eigenvalue weighted by molar-refractivity contribution is 1.10. The van der Waals surface area contributed by atoms with Crippen molar-refractivity contribution in [1.82, 2.24) is 9.38 Å². The maximum absolute atomic E-state index is 6.01. The smallest absolute Gasteiger partial charge is 0.187 e. The number of halogens is 1. The largest absolute Gasteiger partial charge is 0.283 e. The van der Waals surface area contributed by atoms with Crippen LogP contribution in [0.2, 0.25) is 5.02 Å². The van der Waals surface area contributed by atoms with Crippen LogP contribution in [0, 0.1) is 6.92 Å². The van der Waals surface area contributed by atoms with E-state index in [2.05, 4.69) is 10.2 Å². The molecule has 5 heteroatoms. The quantitative estimate of drug-likeness (QED) is 0.397. The van der Waals surface area contributed by atoms with Crippen LogP contribution in [0.1, 0.15) is 5.56 Å². The summed E-state index contributed by atoms with van der Waals surface area (Å²) >= 11 is 6.01. The number of hydrogen-bond acceptors (Lipinski definition) is 3. The SMILES string of the molecule is Cc1ccn2c(N=Nc3ccccc3)c(-c3ccc(Cl)cc3)nc2c1. The Morgan fingerprint density at radius 3 is 2.44 bits per heavy atom. The van der Waals surface area contributed by atoms with Crippen LogP contribution in [0.15, 0.2) is 83.2 Å². The summed E-state index contributed by atoms with van der Waals surface area (Å²) in [4.78, 5) is 4.75. The first kappa shape index (κ1) is 15.5. The summed E-state index contributed by atoms with van der Waals surface area (Å²) in [5.41, 5.74) is 4.51. The van der Waals surface area contributed by atoms with Crippen LogP contribution in [0.25, 0.3) is 16.9 Å². The molecular weight excluding hydrogens is 332 g/mol. The molecule has 0 spiro atoms. The number of pyridine rings is 1. The average Bonchev–Trinajstić information content (AvgIpc) is 2.99. The average molecular weight is 347 g/mol. The third-order valence-electron chi connectivity index (χ3n) is 3.89. The van der Waals surface area contributed by atoms with Gasteiger partial charge in [-0.2, -0.15) is 0 Å². The van der Waals surface area contributed by atoms with Crippen molar-refractivity contribution in [3.05, 3.63) is 83.5 Å². The maximum Gasteiger partial charge on any atom is 0.187 e. The van der Waals surface area contributed by atoms with Crippen molar-refractivity contribution in [2.45, 2.75) is 6.92 Å². The third kappa shape index (κ3) is 3.16. The monoisotopic (exact) mass is 346 g/mol. The van der Waals surface area contributed by atoms with E-state index in [0.717, 1.165) is 28.2 Å². The zero-order valence-electron chi connectivity index (χ0n) is 13.6. The predicted molar refractivity (Wildman–Crippen MR) is 101 cm³/mol. The molecular formula is C20H15ClN4. The molecule has 0 bridgehead atoms. The number of aromatic nitrogens is 2. The molecule has 0 saturated carbocycles. The van der Waals surface area contributed by atoms with E-state index in [9.17, 15) is 0 Å². The van der Waals surface area contributed by atoms with E-state index in [1.165, 1.54) is 0 Å². The predicted octanol–water partition coefficient (Wildman–Crippen LogP) is 6.38. The van der Waals surface area contributed by atoms with Crippen LogP contribution in [-0.4, -0.2) is 9.38 Å². The molecule has 0 fully saturated rings. The number of fused-ring (bicyclic) bond motifs is 1. The zero-order valence-corrected chi connectivity index (χ0v) is 14.4. The lowest BCUT2D eigenvalue weighted by Gasteiger charge is -2.00. The van der Waals surface area contributed by atoms with Crippen LogP contribution in [0.5, 0.6) is 0 Å². The normalized spacial score (nSPS) is 11.4. The summed E-state index contributed by atoms with van der Waals surface area (Å²) in [6.07, 6.45) is 1.97. The van der Waals surface area contributed by atoms with Gasteiger partial charge in [-0.25, -0.2) is 4.98 Å². The highest BCUT2D eigenvalue weighted by Crippen LogP contribution is 2.33. The summed E-state index contributed by atoms with van der Waals surface area (Å²) in [6.45, 7) is 2.04. The van der Waals surface area contributed by atoms with Gasteiger partial charge in [-0.1, -0.05) is 41.9 Å². The Morgan fingerprint density at radius 2 is 1.68 bits per heavy atom. The summed E-state index contributed by atoms with van der Waals surface area (Å²) in [6, 6.07) is 21.3. The summed E-state index contributed by atoms with van der Waals surface area (Å²) in [5.74, 6) is 0.696. The number of benzene rings is 2. The van der Waals surface area contributed by atoms with Crippen molar-refractivity contribution >= 4 is 28.8 Å². The van der Waals surface area contributed by atoms with Gasteiger partial charge in [0.05, 0.1) is 5.69 Å². The molecule has 2 heterocycles. The number of hydrogen-bond donors (Lipinski definition) is 0. The van der Waals surface area contributed by atoms with Crippen molar-refractivity contribution in [3.63, 3.8) is 0 Å². The second-order valence-corrected chi connectivity index (χ2v) is 6.20. The van der Waals surface area contributed by atoms with Gasteiger partial charge in [-0.3, -0.25) is 4.40 Å². The molecule has 2 aromatic carbocycles. The van der Waals surface area contributed by atoms with Crippen molar-refractivity contribution in [2.24, 2.45) is 10.2 Å². The molecule has 0 atom stereocenters. The number of nitrogens with zero attached hydrogens (tertiary/aromatic N) is 4. The molecule has 0 aliphatic rings.